The summed E-state index contributed by atoms with van der Waals surface area (Å²) in [5, 5.41) is 2.94. The molecular formula is C23H30N2O5. The van der Waals surface area contributed by atoms with Crippen molar-refractivity contribution in [1.82, 2.24) is 4.90 Å². The molecule has 0 saturated carbocycles. The topological polar surface area (TPSA) is 69.3 Å². The van der Waals surface area contributed by atoms with E-state index in [1.54, 1.807) is 32.4 Å². The number of carbonyl (C=O) groups excluding carboxylic acids is 1. The van der Waals surface area contributed by atoms with Crippen LogP contribution in [0.15, 0.2) is 30.3 Å². The maximum atomic E-state index is 12.6. The minimum absolute atomic E-state index is 0.0679. The number of amides is 1. The number of rotatable bonds is 9. The number of fused-ring (bicyclic) bond motifs is 1. The van der Waals surface area contributed by atoms with Crippen molar-refractivity contribution < 1.29 is 23.7 Å². The second kappa shape index (κ2) is 10.2. The Hall–Kier alpha value is -2.93. The number of methoxy groups -OCH3 is 2. The van der Waals surface area contributed by atoms with E-state index in [0.29, 0.717) is 43.5 Å². The normalized spacial score (nSPS) is 13.3. The van der Waals surface area contributed by atoms with Gasteiger partial charge in [-0.1, -0.05) is 0 Å². The van der Waals surface area contributed by atoms with Gasteiger partial charge in [-0.15, -0.1) is 0 Å². The van der Waals surface area contributed by atoms with Gasteiger partial charge in [-0.25, -0.2) is 0 Å². The van der Waals surface area contributed by atoms with Crippen molar-refractivity contribution in [3.63, 3.8) is 0 Å². The molecule has 0 fully saturated rings. The molecule has 0 spiro atoms. The molecule has 0 aliphatic carbocycles. The lowest BCUT2D eigenvalue weighted by Gasteiger charge is -2.29. The highest BCUT2D eigenvalue weighted by Crippen LogP contribution is 2.34. The molecule has 0 radical (unpaired) electrons. The van der Waals surface area contributed by atoms with Gasteiger partial charge in [0, 0.05) is 24.8 Å². The molecule has 1 aliphatic heterocycles. The van der Waals surface area contributed by atoms with Crippen molar-refractivity contribution in [2.45, 2.75) is 26.8 Å². The summed E-state index contributed by atoms with van der Waals surface area (Å²) in [7, 11) is 3.15. The molecular weight excluding hydrogens is 384 g/mol. The molecule has 30 heavy (non-hydrogen) atoms. The van der Waals surface area contributed by atoms with Crippen molar-refractivity contribution in [2.75, 3.05) is 45.8 Å². The Morgan fingerprint density at radius 1 is 0.933 bits per heavy atom. The quantitative estimate of drug-likeness (QED) is 0.677. The molecule has 0 saturated heterocycles. The lowest BCUT2D eigenvalue weighted by molar-refractivity contribution is -0.117. The molecule has 0 bridgehead atoms. The fraction of sp³-hybridized carbons (Fsp3) is 0.435. The summed E-state index contributed by atoms with van der Waals surface area (Å²) in [6.07, 6.45) is 0.867. The first-order chi connectivity index (χ1) is 14.6. The van der Waals surface area contributed by atoms with Crippen LogP contribution in [0.4, 0.5) is 5.69 Å². The van der Waals surface area contributed by atoms with Crippen molar-refractivity contribution in [1.29, 1.82) is 0 Å². The molecule has 2 aromatic carbocycles. The van der Waals surface area contributed by atoms with Gasteiger partial charge in [-0.05, 0) is 55.7 Å². The predicted molar refractivity (Wildman–Crippen MR) is 116 cm³/mol. The van der Waals surface area contributed by atoms with E-state index in [1.165, 1.54) is 11.1 Å². The van der Waals surface area contributed by atoms with Gasteiger partial charge in [0.15, 0.2) is 23.0 Å². The molecule has 1 amide bonds. The van der Waals surface area contributed by atoms with E-state index in [4.69, 9.17) is 18.9 Å². The summed E-state index contributed by atoms with van der Waals surface area (Å²) in [6.45, 7) is 6.92. The molecule has 0 aromatic heterocycles. The van der Waals surface area contributed by atoms with Crippen LogP contribution >= 0.6 is 0 Å². The second-order valence-corrected chi connectivity index (χ2v) is 7.01. The Balaban J connectivity index is 1.65. The first-order valence-electron chi connectivity index (χ1n) is 10.2. The number of hydrogen-bond donors (Lipinski definition) is 1. The Bertz CT molecular complexity index is 884. The number of carbonyl (C=O) groups is 1. The van der Waals surface area contributed by atoms with Gasteiger partial charge in [0.05, 0.1) is 34.0 Å². The zero-order valence-electron chi connectivity index (χ0n) is 18.1. The van der Waals surface area contributed by atoms with Gasteiger partial charge in [-0.2, -0.15) is 0 Å². The number of nitrogens with one attached hydrogen (secondary N) is 1. The largest absolute Gasteiger partial charge is 0.493 e. The Labute approximate surface area is 177 Å². The van der Waals surface area contributed by atoms with E-state index in [-0.39, 0.29) is 5.91 Å². The van der Waals surface area contributed by atoms with Crippen molar-refractivity contribution in [3.8, 4) is 23.0 Å². The molecule has 1 aliphatic rings. The summed E-state index contributed by atoms with van der Waals surface area (Å²) < 4.78 is 22.0. The molecule has 1 N–H and O–H groups in total. The maximum absolute atomic E-state index is 12.6. The highest BCUT2D eigenvalue weighted by Gasteiger charge is 2.21. The van der Waals surface area contributed by atoms with E-state index in [1.807, 2.05) is 19.9 Å². The first-order valence-corrected chi connectivity index (χ1v) is 10.2. The van der Waals surface area contributed by atoms with Gasteiger partial charge in [0.1, 0.15) is 0 Å². The van der Waals surface area contributed by atoms with E-state index < -0.39 is 0 Å². The third-order valence-corrected chi connectivity index (χ3v) is 4.99. The predicted octanol–water partition coefficient (Wildman–Crippen LogP) is 3.50. The average molecular weight is 415 g/mol. The first kappa shape index (κ1) is 21.8. The minimum atomic E-state index is -0.0679. The Morgan fingerprint density at radius 2 is 1.60 bits per heavy atom. The monoisotopic (exact) mass is 414 g/mol. The molecule has 0 atom stereocenters. The van der Waals surface area contributed by atoms with E-state index >= 15 is 0 Å². The lowest BCUT2D eigenvalue weighted by atomic mass is 9.98. The molecule has 0 unspecified atom stereocenters. The van der Waals surface area contributed by atoms with Crippen LogP contribution in [0.3, 0.4) is 0 Å². The van der Waals surface area contributed by atoms with Gasteiger partial charge in [0.25, 0.3) is 0 Å². The van der Waals surface area contributed by atoms with Gasteiger partial charge >= 0.3 is 0 Å². The highest BCUT2D eigenvalue weighted by molar-refractivity contribution is 5.92. The number of ether oxygens (including phenoxy) is 4. The van der Waals surface area contributed by atoms with Crippen LogP contribution in [0.5, 0.6) is 23.0 Å². The van der Waals surface area contributed by atoms with Crippen molar-refractivity contribution in [3.05, 3.63) is 41.5 Å². The summed E-state index contributed by atoms with van der Waals surface area (Å²) in [5.41, 5.74) is 3.10. The van der Waals surface area contributed by atoms with Crippen LogP contribution in [0.1, 0.15) is 25.0 Å². The Morgan fingerprint density at radius 3 is 2.23 bits per heavy atom. The van der Waals surface area contributed by atoms with Crippen LogP contribution in [0, 0.1) is 0 Å². The van der Waals surface area contributed by atoms with Gasteiger partial charge in [-0.3, -0.25) is 9.69 Å². The number of anilines is 1. The van der Waals surface area contributed by atoms with Gasteiger partial charge < -0.3 is 24.3 Å². The second-order valence-electron chi connectivity index (χ2n) is 7.01. The molecule has 162 valence electrons. The van der Waals surface area contributed by atoms with E-state index in [0.717, 1.165) is 24.5 Å². The van der Waals surface area contributed by atoms with Crippen LogP contribution in [0.2, 0.25) is 0 Å². The standard InChI is InChI=1S/C23H30N2O5/c1-5-29-21-11-16-9-10-25(14-17(16)12-22(21)30-6-2)15-23(26)24-18-7-8-19(27-3)20(13-18)28-4/h7-8,11-13H,5-6,9-10,14-15H2,1-4H3,(H,24,26). The summed E-state index contributed by atoms with van der Waals surface area (Å²) >= 11 is 0. The number of benzene rings is 2. The minimum Gasteiger partial charge on any atom is -0.493 e. The van der Waals surface area contributed by atoms with Gasteiger partial charge in [0.2, 0.25) is 5.91 Å². The zero-order chi connectivity index (χ0) is 21.5. The molecule has 3 rings (SSSR count). The number of nitrogens with zero attached hydrogens (tertiary/aromatic N) is 1. The van der Waals surface area contributed by atoms with Crippen LogP contribution in [-0.4, -0.2) is 51.3 Å². The molecule has 1 heterocycles. The third kappa shape index (κ3) is 5.16. The molecule has 7 heteroatoms. The third-order valence-electron chi connectivity index (χ3n) is 4.99. The van der Waals surface area contributed by atoms with E-state index in [9.17, 15) is 4.79 Å². The van der Waals surface area contributed by atoms with Crippen LogP contribution in [-0.2, 0) is 17.8 Å². The summed E-state index contributed by atoms with van der Waals surface area (Å²) in [5.74, 6) is 2.68. The molecule has 2 aromatic rings. The Kier molecular flexibility index (Phi) is 7.41. The smallest absolute Gasteiger partial charge is 0.238 e. The summed E-state index contributed by atoms with van der Waals surface area (Å²) in [6, 6.07) is 9.45. The van der Waals surface area contributed by atoms with Crippen LogP contribution < -0.4 is 24.3 Å². The molecule has 7 nitrogen and oxygen atoms in total. The SMILES string of the molecule is CCOc1cc2c(cc1OCC)CN(CC(=O)Nc1ccc(OC)c(OC)c1)CC2. The zero-order valence-corrected chi connectivity index (χ0v) is 18.1. The fourth-order valence-corrected chi connectivity index (χ4v) is 3.61. The lowest BCUT2D eigenvalue weighted by Crippen LogP contribution is -2.37. The average Bonchev–Trinajstić information content (AvgIpc) is 2.74. The van der Waals surface area contributed by atoms with Crippen molar-refractivity contribution >= 4 is 11.6 Å². The van der Waals surface area contributed by atoms with E-state index in [2.05, 4.69) is 16.3 Å². The van der Waals surface area contributed by atoms with Crippen LogP contribution in [0.25, 0.3) is 0 Å². The maximum Gasteiger partial charge on any atom is 0.238 e. The van der Waals surface area contributed by atoms with Crippen molar-refractivity contribution in [2.24, 2.45) is 0 Å². The fourth-order valence-electron chi connectivity index (χ4n) is 3.61. The number of hydrogen-bond acceptors (Lipinski definition) is 6. The highest BCUT2D eigenvalue weighted by atomic mass is 16.5. The summed E-state index contributed by atoms with van der Waals surface area (Å²) in [4.78, 5) is 14.7.